The Balaban J connectivity index is 1.83. The zero-order chi connectivity index (χ0) is 11.1. The molecule has 2 nitrogen and oxygen atoms in total. The van der Waals surface area contributed by atoms with Crippen molar-refractivity contribution in [1.29, 1.82) is 0 Å². The van der Waals surface area contributed by atoms with Crippen LogP contribution in [-0.4, -0.2) is 0 Å². The molecule has 1 N–H and O–H groups in total. The Hall–Kier alpha value is -2.22. The Bertz CT molecular complexity index is 437. The summed E-state index contributed by atoms with van der Waals surface area (Å²) < 4.78 is 0. The number of hydrogen-bond acceptors (Lipinski definition) is 2. The van der Waals surface area contributed by atoms with Crippen molar-refractivity contribution in [2.75, 3.05) is 5.48 Å². The molecule has 0 aliphatic rings. The molecule has 2 heteroatoms. The van der Waals surface area contributed by atoms with Crippen LogP contribution in [0.5, 0.6) is 0 Å². The first-order valence-electron chi connectivity index (χ1n) is 5.13. The fraction of sp³-hybridized carbons (Fsp3) is 0. The number of nitrogens with one attached hydrogen (secondary N) is 1. The monoisotopic (exact) mass is 211 g/mol. The van der Waals surface area contributed by atoms with Crippen LogP contribution >= 0.6 is 0 Å². The summed E-state index contributed by atoms with van der Waals surface area (Å²) in [4.78, 5) is 5.19. The van der Waals surface area contributed by atoms with Crippen LogP contribution in [0.1, 0.15) is 5.56 Å². The quantitative estimate of drug-likeness (QED) is 0.615. The molecule has 2 aromatic carbocycles. The highest BCUT2D eigenvalue weighted by molar-refractivity contribution is 5.48. The molecular weight excluding hydrogens is 198 g/mol. The fourth-order valence-electron chi connectivity index (χ4n) is 1.28. The topological polar surface area (TPSA) is 21.3 Å². The fourth-order valence-corrected chi connectivity index (χ4v) is 1.28. The van der Waals surface area contributed by atoms with Crippen LogP contribution in [0.15, 0.2) is 66.9 Å². The van der Waals surface area contributed by atoms with E-state index in [0.29, 0.717) is 0 Å². The highest BCUT2D eigenvalue weighted by Crippen LogP contribution is 2.05. The molecule has 0 heterocycles. The molecule has 0 radical (unpaired) electrons. The molecule has 0 amide bonds. The Morgan fingerprint density at radius 3 is 2.12 bits per heavy atom. The average Bonchev–Trinajstić information content (AvgIpc) is 2.37. The van der Waals surface area contributed by atoms with Crippen LogP contribution in [-0.2, 0) is 4.84 Å². The summed E-state index contributed by atoms with van der Waals surface area (Å²) in [6, 6.07) is 19.7. The molecular formula is C14H13NO. The molecule has 0 saturated heterocycles. The molecule has 0 aromatic heterocycles. The SMILES string of the molecule is C(=Cc1ccccc1)ONc1ccccc1. The second-order valence-electron chi connectivity index (χ2n) is 3.30. The van der Waals surface area contributed by atoms with E-state index in [1.807, 2.05) is 66.7 Å². The predicted molar refractivity (Wildman–Crippen MR) is 66.6 cm³/mol. The van der Waals surface area contributed by atoms with Gasteiger partial charge in [0.25, 0.3) is 0 Å². The lowest BCUT2D eigenvalue weighted by Gasteiger charge is -2.02. The van der Waals surface area contributed by atoms with Gasteiger partial charge in [-0.2, -0.15) is 0 Å². The van der Waals surface area contributed by atoms with Gasteiger partial charge in [-0.1, -0.05) is 48.5 Å². The van der Waals surface area contributed by atoms with Gasteiger partial charge < -0.3 is 4.84 Å². The van der Waals surface area contributed by atoms with Gasteiger partial charge in [0.2, 0.25) is 0 Å². The maximum Gasteiger partial charge on any atom is 0.119 e. The molecule has 0 saturated carbocycles. The van der Waals surface area contributed by atoms with E-state index >= 15 is 0 Å². The zero-order valence-corrected chi connectivity index (χ0v) is 8.84. The lowest BCUT2D eigenvalue weighted by atomic mass is 10.2. The number of anilines is 1. The van der Waals surface area contributed by atoms with Crippen LogP contribution in [0.3, 0.4) is 0 Å². The summed E-state index contributed by atoms with van der Waals surface area (Å²) >= 11 is 0. The summed E-state index contributed by atoms with van der Waals surface area (Å²) in [5, 5.41) is 0. The summed E-state index contributed by atoms with van der Waals surface area (Å²) in [5.74, 6) is 0. The maximum atomic E-state index is 5.19. The van der Waals surface area contributed by atoms with Gasteiger partial charge >= 0.3 is 0 Å². The van der Waals surface area contributed by atoms with E-state index in [9.17, 15) is 0 Å². The van der Waals surface area contributed by atoms with Gasteiger partial charge in [0.05, 0.1) is 5.69 Å². The first-order valence-corrected chi connectivity index (χ1v) is 5.13. The van der Waals surface area contributed by atoms with Crippen LogP contribution in [0.2, 0.25) is 0 Å². The minimum absolute atomic E-state index is 0.931. The van der Waals surface area contributed by atoms with Gasteiger partial charge in [0.1, 0.15) is 6.26 Å². The second-order valence-corrected chi connectivity index (χ2v) is 3.30. The molecule has 0 spiro atoms. The van der Waals surface area contributed by atoms with Crippen molar-refractivity contribution in [1.82, 2.24) is 0 Å². The van der Waals surface area contributed by atoms with Crippen molar-refractivity contribution < 1.29 is 4.84 Å². The normalized spacial score (nSPS) is 10.2. The van der Waals surface area contributed by atoms with E-state index in [0.717, 1.165) is 11.3 Å². The van der Waals surface area contributed by atoms with E-state index < -0.39 is 0 Å². The van der Waals surface area contributed by atoms with Crippen LogP contribution in [0.25, 0.3) is 6.08 Å². The summed E-state index contributed by atoms with van der Waals surface area (Å²) in [5.41, 5.74) is 4.87. The van der Waals surface area contributed by atoms with Gasteiger partial charge in [0.15, 0.2) is 0 Å². The lowest BCUT2D eigenvalue weighted by molar-refractivity contribution is 0.333. The van der Waals surface area contributed by atoms with E-state index in [1.54, 1.807) is 6.26 Å². The van der Waals surface area contributed by atoms with E-state index in [2.05, 4.69) is 5.48 Å². The molecule has 0 aliphatic carbocycles. The second kappa shape index (κ2) is 5.61. The average molecular weight is 211 g/mol. The number of benzene rings is 2. The standard InChI is InChI=1S/C14H13NO/c1-3-7-13(8-4-1)11-12-16-15-14-9-5-2-6-10-14/h1-12,15H. The zero-order valence-electron chi connectivity index (χ0n) is 8.84. The van der Waals surface area contributed by atoms with Crippen molar-refractivity contribution in [3.05, 3.63) is 72.5 Å². The highest BCUT2D eigenvalue weighted by Gasteiger charge is 1.86. The maximum absolute atomic E-state index is 5.19. The van der Waals surface area contributed by atoms with Crippen molar-refractivity contribution in [2.45, 2.75) is 0 Å². The summed E-state index contributed by atoms with van der Waals surface area (Å²) in [6.07, 6.45) is 3.53. The Labute approximate surface area is 95.1 Å². The van der Waals surface area contributed by atoms with Crippen molar-refractivity contribution >= 4 is 11.8 Å². The number of para-hydroxylation sites is 1. The number of rotatable bonds is 4. The minimum Gasteiger partial charge on any atom is -0.390 e. The van der Waals surface area contributed by atoms with Crippen LogP contribution in [0, 0.1) is 0 Å². The van der Waals surface area contributed by atoms with Crippen LogP contribution < -0.4 is 5.48 Å². The smallest absolute Gasteiger partial charge is 0.119 e. The lowest BCUT2D eigenvalue weighted by Crippen LogP contribution is -1.93. The summed E-state index contributed by atoms with van der Waals surface area (Å²) in [7, 11) is 0. The van der Waals surface area contributed by atoms with E-state index in [1.165, 1.54) is 0 Å². The molecule has 0 aliphatic heterocycles. The first-order chi connectivity index (χ1) is 7.95. The third-order valence-electron chi connectivity index (χ3n) is 2.08. The van der Waals surface area contributed by atoms with Gasteiger partial charge in [-0.15, -0.1) is 0 Å². The Morgan fingerprint density at radius 2 is 1.44 bits per heavy atom. The van der Waals surface area contributed by atoms with Gasteiger partial charge in [-0.25, -0.2) is 5.48 Å². The van der Waals surface area contributed by atoms with E-state index in [-0.39, 0.29) is 0 Å². The highest BCUT2D eigenvalue weighted by atomic mass is 16.6. The third-order valence-corrected chi connectivity index (χ3v) is 2.08. The minimum atomic E-state index is 0.931. The third kappa shape index (κ3) is 3.17. The van der Waals surface area contributed by atoms with Crippen molar-refractivity contribution in [3.63, 3.8) is 0 Å². The molecule has 2 rings (SSSR count). The van der Waals surface area contributed by atoms with Crippen molar-refractivity contribution in [3.8, 4) is 0 Å². The Kier molecular flexibility index (Phi) is 3.61. The molecule has 80 valence electrons. The van der Waals surface area contributed by atoms with Gasteiger partial charge in [-0.3, -0.25) is 0 Å². The molecule has 16 heavy (non-hydrogen) atoms. The molecule has 0 bridgehead atoms. The predicted octanol–water partition coefficient (Wildman–Crippen LogP) is 3.70. The molecule has 0 fully saturated rings. The molecule has 0 atom stereocenters. The van der Waals surface area contributed by atoms with Gasteiger partial charge in [0, 0.05) is 0 Å². The molecule has 0 unspecified atom stereocenters. The van der Waals surface area contributed by atoms with Crippen LogP contribution in [0.4, 0.5) is 5.69 Å². The first kappa shape index (κ1) is 10.3. The van der Waals surface area contributed by atoms with E-state index in [4.69, 9.17) is 4.84 Å². The molecule has 2 aromatic rings. The van der Waals surface area contributed by atoms with Crippen molar-refractivity contribution in [2.24, 2.45) is 0 Å². The van der Waals surface area contributed by atoms with Gasteiger partial charge in [-0.05, 0) is 23.8 Å². The largest absolute Gasteiger partial charge is 0.390 e. The summed E-state index contributed by atoms with van der Waals surface area (Å²) in [6.45, 7) is 0. The number of hydrogen-bond donors (Lipinski definition) is 1. The Morgan fingerprint density at radius 1 is 0.812 bits per heavy atom.